The first-order valence-corrected chi connectivity index (χ1v) is 5.44. The molecular formula is C10H19F3N2O2. The fraction of sp³-hybridized carbons (Fsp3) is 0.900. The summed E-state index contributed by atoms with van der Waals surface area (Å²) in [6.07, 6.45) is -4.18. The molecule has 17 heavy (non-hydrogen) atoms. The Morgan fingerprint density at radius 1 is 1.47 bits per heavy atom. The number of carbonyl (C=O) groups is 1. The second-order valence-electron chi connectivity index (χ2n) is 3.69. The van der Waals surface area contributed by atoms with E-state index in [1.165, 1.54) is 7.11 Å². The maximum Gasteiger partial charge on any atom is 0.406 e. The average Bonchev–Trinajstić information content (AvgIpc) is 2.24. The van der Waals surface area contributed by atoms with Gasteiger partial charge in [-0.1, -0.05) is 13.3 Å². The minimum absolute atomic E-state index is 0.0642. The molecule has 1 atom stereocenters. The van der Waals surface area contributed by atoms with Crippen LogP contribution in [0.15, 0.2) is 0 Å². The third-order valence-electron chi connectivity index (χ3n) is 2.24. The number of hydrogen-bond donors (Lipinski definition) is 1. The molecule has 0 rings (SSSR count). The summed E-state index contributed by atoms with van der Waals surface area (Å²) < 4.78 is 41.6. The van der Waals surface area contributed by atoms with Gasteiger partial charge in [0.2, 0.25) is 0 Å². The molecule has 0 spiro atoms. The molecule has 0 aliphatic carbocycles. The minimum Gasteiger partial charge on any atom is -0.370 e. The van der Waals surface area contributed by atoms with Gasteiger partial charge in [0.15, 0.2) is 0 Å². The number of rotatable bonds is 7. The molecule has 0 radical (unpaired) electrons. The van der Waals surface area contributed by atoms with Crippen molar-refractivity contribution in [3.8, 4) is 0 Å². The summed E-state index contributed by atoms with van der Waals surface area (Å²) in [5.41, 5.74) is 5.26. The van der Waals surface area contributed by atoms with Crippen molar-refractivity contribution >= 4 is 5.91 Å². The van der Waals surface area contributed by atoms with E-state index in [0.29, 0.717) is 12.8 Å². The van der Waals surface area contributed by atoms with Crippen LogP contribution >= 0.6 is 0 Å². The van der Waals surface area contributed by atoms with Crippen LogP contribution in [-0.4, -0.2) is 49.8 Å². The van der Waals surface area contributed by atoms with Crippen molar-refractivity contribution in [2.45, 2.75) is 32.0 Å². The summed E-state index contributed by atoms with van der Waals surface area (Å²) in [5, 5.41) is 0. The molecule has 0 aliphatic heterocycles. The maximum atomic E-state index is 12.3. The van der Waals surface area contributed by atoms with E-state index in [1.54, 1.807) is 0 Å². The lowest BCUT2D eigenvalue weighted by atomic mass is 10.2. The van der Waals surface area contributed by atoms with E-state index in [0.717, 1.165) is 4.90 Å². The fourth-order valence-corrected chi connectivity index (χ4v) is 1.33. The van der Waals surface area contributed by atoms with Crippen molar-refractivity contribution in [2.75, 3.05) is 26.7 Å². The van der Waals surface area contributed by atoms with Gasteiger partial charge in [-0.15, -0.1) is 0 Å². The molecule has 7 heteroatoms. The van der Waals surface area contributed by atoms with Gasteiger partial charge in [-0.25, -0.2) is 0 Å². The number of nitrogens with two attached hydrogens (primary N) is 1. The standard InChI is InChI=1S/C10H19F3N2O2/c1-3-4-5-15(7-10(11,12)13)9(16)8(6-14)17-2/h8H,3-7,14H2,1-2H3. The quantitative estimate of drug-likeness (QED) is 0.743. The molecule has 0 saturated heterocycles. The predicted octanol–water partition coefficient (Wildman–Crippen LogP) is 1.15. The first-order chi connectivity index (χ1) is 7.85. The predicted molar refractivity (Wildman–Crippen MR) is 57.4 cm³/mol. The lowest BCUT2D eigenvalue weighted by Gasteiger charge is -2.27. The Bertz CT molecular complexity index is 230. The summed E-state index contributed by atoms with van der Waals surface area (Å²) in [7, 11) is 1.25. The van der Waals surface area contributed by atoms with Crippen molar-refractivity contribution in [2.24, 2.45) is 5.73 Å². The van der Waals surface area contributed by atoms with Gasteiger partial charge in [-0.3, -0.25) is 4.79 Å². The minimum atomic E-state index is -4.41. The van der Waals surface area contributed by atoms with E-state index in [2.05, 4.69) is 0 Å². The highest BCUT2D eigenvalue weighted by molar-refractivity contribution is 5.81. The fourth-order valence-electron chi connectivity index (χ4n) is 1.33. The Morgan fingerprint density at radius 2 is 2.06 bits per heavy atom. The molecule has 0 saturated carbocycles. The van der Waals surface area contributed by atoms with E-state index in [1.807, 2.05) is 6.92 Å². The van der Waals surface area contributed by atoms with Gasteiger partial charge < -0.3 is 15.4 Å². The van der Waals surface area contributed by atoms with E-state index in [-0.39, 0.29) is 13.1 Å². The lowest BCUT2D eigenvalue weighted by molar-refractivity contribution is -0.167. The number of alkyl halides is 3. The van der Waals surface area contributed by atoms with Gasteiger partial charge in [0.05, 0.1) is 0 Å². The van der Waals surface area contributed by atoms with Crippen LogP contribution in [0.25, 0.3) is 0 Å². The largest absolute Gasteiger partial charge is 0.406 e. The molecule has 4 nitrogen and oxygen atoms in total. The summed E-state index contributed by atoms with van der Waals surface area (Å²) in [4.78, 5) is 12.5. The molecule has 0 bridgehead atoms. The smallest absolute Gasteiger partial charge is 0.370 e. The normalized spacial score (nSPS) is 13.5. The summed E-state index contributed by atoms with van der Waals surface area (Å²) in [5.74, 6) is -0.708. The Balaban J connectivity index is 4.60. The Labute approximate surface area is 98.9 Å². The van der Waals surface area contributed by atoms with Crippen molar-refractivity contribution in [3.63, 3.8) is 0 Å². The molecule has 1 unspecified atom stereocenters. The third-order valence-corrected chi connectivity index (χ3v) is 2.24. The van der Waals surface area contributed by atoms with Gasteiger partial charge in [0.25, 0.3) is 5.91 Å². The van der Waals surface area contributed by atoms with Gasteiger partial charge in [0, 0.05) is 20.2 Å². The number of nitrogens with zero attached hydrogens (tertiary/aromatic N) is 1. The molecule has 2 N–H and O–H groups in total. The van der Waals surface area contributed by atoms with Crippen molar-refractivity contribution in [1.82, 2.24) is 4.90 Å². The average molecular weight is 256 g/mol. The summed E-state index contributed by atoms with van der Waals surface area (Å²) >= 11 is 0. The van der Waals surface area contributed by atoms with Crippen LogP contribution in [0, 0.1) is 0 Å². The number of unbranched alkanes of at least 4 members (excludes halogenated alkanes) is 1. The molecule has 0 aliphatic rings. The molecule has 0 aromatic carbocycles. The summed E-state index contributed by atoms with van der Waals surface area (Å²) in [6, 6.07) is 0. The van der Waals surface area contributed by atoms with E-state index in [4.69, 9.17) is 10.5 Å². The number of amides is 1. The van der Waals surface area contributed by atoms with Crippen LogP contribution in [0.3, 0.4) is 0 Å². The van der Waals surface area contributed by atoms with E-state index >= 15 is 0 Å². The highest BCUT2D eigenvalue weighted by atomic mass is 19.4. The van der Waals surface area contributed by atoms with Crippen LogP contribution in [0.5, 0.6) is 0 Å². The molecule has 0 aromatic heterocycles. The highest BCUT2D eigenvalue weighted by Gasteiger charge is 2.34. The van der Waals surface area contributed by atoms with Crippen LogP contribution in [0.4, 0.5) is 13.2 Å². The Hall–Kier alpha value is -0.820. The van der Waals surface area contributed by atoms with Crippen LogP contribution in [-0.2, 0) is 9.53 Å². The molecule has 1 amide bonds. The van der Waals surface area contributed by atoms with Gasteiger partial charge >= 0.3 is 6.18 Å². The number of halogens is 3. The molecule has 102 valence electrons. The van der Waals surface area contributed by atoms with E-state index < -0.39 is 24.7 Å². The first-order valence-electron chi connectivity index (χ1n) is 5.44. The molecular weight excluding hydrogens is 237 g/mol. The second kappa shape index (κ2) is 7.50. The van der Waals surface area contributed by atoms with Crippen molar-refractivity contribution in [1.29, 1.82) is 0 Å². The number of carbonyl (C=O) groups excluding carboxylic acids is 1. The van der Waals surface area contributed by atoms with Crippen molar-refractivity contribution in [3.05, 3.63) is 0 Å². The second-order valence-corrected chi connectivity index (χ2v) is 3.69. The highest BCUT2D eigenvalue weighted by Crippen LogP contribution is 2.17. The van der Waals surface area contributed by atoms with Gasteiger partial charge in [-0.05, 0) is 6.42 Å². The SMILES string of the molecule is CCCCN(CC(F)(F)F)C(=O)C(CN)OC. The summed E-state index contributed by atoms with van der Waals surface area (Å²) in [6.45, 7) is 0.517. The zero-order chi connectivity index (χ0) is 13.5. The number of ether oxygens (including phenoxy) is 1. The molecule has 0 aromatic rings. The van der Waals surface area contributed by atoms with E-state index in [9.17, 15) is 18.0 Å². The van der Waals surface area contributed by atoms with Gasteiger partial charge in [-0.2, -0.15) is 13.2 Å². The van der Waals surface area contributed by atoms with Gasteiger partial charge in [0.1, 0.15) is 12.6 Å². The molecule has 0 heterocycles. The van der Waals surface area contributed by atoms with Crippen molar-refractivity contribution < 1.29 is 22.7 Å². The topological polar surface area (TPSA) is 55.6 Å². The molecule has 0 fully saturated rings. The monoisotopic (exact) mass is 256 g/mol. The Morgan fingerprint density at radius 3 is 2.41 bits per heavy atom. The number of methoxy groups -OCH3 is 1. The zero-order valence-corrected chi connectivity index (χ0v) is 10.1. The zero-order valence-electron chi connectivity index (χ0n) is 10.1. The third kappa shape index (κ3) is 6.48. The number of hydrogen-bond acceptors (Lipinski definition) is 3. The Kier molecular flexibility index (Phi) is 7.13. The maximum absolute atomic E-state index is 12.3. The first kappa shape index (κ1) is 16.2. The van der Waals surface area contributed by atoms with Crippen LogP contribution in [0.2, 0.25) is 0 Å². The van der Waals surface area contributed by atoms with Crippen LogP contribution in [0.1, 0.15) is 19.8 Å². The lowest BCUT2D eigenvalue weighted by Crippen LogP contribution is -2.47. The van der Waals surface area contributed by atoms with Crippen LogP contribution < -0.4 is 5.73 Å².